The number of fused-ring (bicyclic) bond motifs is 1. The number of ether oxygens (including phenoxy) is 1. The van der Waals surface area contributed by atoms with Gasteiger partial charge in [0, 0.05) is 24.1 Å². The number of nitrogens with one attached hydrogen (secondary N) is 1. The molecular formula is C18H20F2IN3O. The molecule has 3 rings (SSSR count). The van der Waals surface area contributed by atoms with Gasteiger partial charge in [0.05, 0.1) is 12.6 Å². The smallest absolute Gasteiger partial charge is 0.189 e. The molecule has 0 fully saturated rings. The molecule has 0 aromatic heterocycles. The summed E-state index contributed by atoms with van der Waals surface area (Å²) < 4.78 is 32.7. The van der Waals surface area contributed by atoms with E-state index in [1.165, 1.54) is 18.2 Å². The van der Waals surface area contributed by atoms with Crippen molar-refractivity contribution in [2.75, 3.05) is 13.2 Å². The lowest BCUT2D eigenvalue weighted by Crippen LogP contribution is -2.37. The summed E-state index contributed by atoms with van der Waals surface area (Å²) in [5.41, 5.74) is 6.98. The first-order valence-corrected chi connectivity index (χ1v) is 7.86. The number of aliphatic imine (C=N–C) groups is 1. The molecular weight excluding hydrogens is 439 g/mol. The Morgan fingerprint density at radius 1 is 1.16 bits per heavy atom. The number of benzene rings is 2. The fourth-order valence-electron chi connectivity index (χ4n) is 2.78. The molecule has 0 aliphatic carbocycles. The fraction of sp³-hybridized carbons (Fsp3) is 0.278. The van der Waals surface area contributed by atoms with Crippen LogP contribution in [0.2, 0.25) is 0 Å². The number of guanidine groups is 1. The van der Waals surface area contributed by atoms with Crippen LogP contribution in [0.4, 0.5) is 8.78 Å². The van der Waals surface area contributed by atoms with Gasteiger partial charge in [-0.3, -0.25) is 4.99 Å². The molecule has 2 aromatic rings. The molecule has 0 saturated carbocycles. The van der Waals surface area contributed by atoms with Gasteiger partial charge in [-0.15, -0.1) is 24.0 Å². The van der Waals surface area contributed by atoms with Crippen molar-refractivity contribution in [1.82, 2.24) is 5.32 Å². The molecule has 0 amide bonds. The molecule has 25 heavy (non-hydrogen) atoms. The van der Waals surface area contributed by atoms with E-state index in [2.05, 4.69) is 10.3 Å². The molecule has 1 aliphatic heterocycles. The maximum Gasteiger partial charge on any atom is 0.189 e. The van der Waals surface area contributed by atoms with E-state index < -0.39 is 11.6 Å². The third-order valence-electron chi connectivity index (χ3n) is 3.99. The van der Waals surface area contributed by atoms with E-state index in [1.807, 2.05) is 24.3 Å². The van der Waals surface area contributed by atoms with E-state index >= 15 is 0 Å². The standard InChI is InChI=1S/C18H19F2N3O.HI/c19-14-5-3-6-15(20)12(14)8-10-22-18(21)23-16-9-11-24-17-7-2-1-4-13(16)17;/h1-7,16H,8-11H2,(H3,21,22,23);1H. The highest BCUT2D eigenvalue weighted by atomic mass is 127. The Balaban J connectivity index is 0.00000225. The van der Waals surface area contributed by atoms with Gasteiger partial charge in [0.2, 0.25) is 0 Å². The van der Waals surface area contributed by atoms with E-state index in [9.17, 15) is 8.78 Å². The lowest BCUT2D eigenvalue weighted by Gasteiger charge is -2.26. The number of para-hydroxylation sites is 1. The lowest BCUT2D eigenvalue weighted by atomic mass is 10.0. The van der Waals surface area contributed by atoms with Crippen molar-refractivity contribution < 1.29 is 13.5 Å². The summed E-state index contributed by atoms with van der Waals surface area (Å²) in [6.45, 7) is 0.809. The highest BCUT2D eigenvalue weighted by Crippen LogP contribution is 2.31. The number of hydrogen-bond donors (Lipinski definition) is 2. The second-order valence-electron chi connectivity index (χ2n) is 5.59. The topological polar surface area (TPSA) is 59.6 Å². The number of hydrogen-bond acceptors (Lipinski definition) is 2. The van der Waals surface area contributed by atoms with Crippen LogP contribution in [0.15, 0.2) is 47.5 Å². The zero-order valence-electron chi connectivity index (χ0n) is 13.5. The summed E-state index contributed by atoms with van der Waals surface area (Å²) in [5.74, 6) is -0.0268. The summed E-state index contributed by atoms with van der Waals surface area (Å²) >= 11 is 0. The van der Waals surface area contributed by atoms with Crippen molar-refractivity contribution in [2.24, 2.45) is 10.7 Å². The Morgan fingerprint density at radius 3 is 2.64 bits per heavy atom. The van der Waals surface area contributed by atoms with E-state index in [4.69, 9.17) is 10.5 Å². The molecule has 0 radical (unpaired) electrons. The molecule has 7 heteroatoms. The minimum absolute atomic E-state index is 0. The Labute approximate surface area is 162 Å². The largest absolute Gasteiger partial charge is 0.493 e. The van der Waals surface area contributed by atoms with E-state index in [0.717, 1.165) is 17.7 Å². The van der Waals surface area contributed by atoms with Crippen LogP contribution in [0, 0.1) is 11.6 Å². The monoisotopic (exact) mass is 459 g/mol. The summed E-state index contributed by atoms with van der Waals surface area (Å²) in [5, 5.41) is 3.15. The highest BCUT2D eigenvalue weighted by molar-refractivity contribution is 14.0. The second-order valence-corrected chi connectivity index (χ2v) is 5.59. The predicted molar refractivity (Wildman–Crippen MR) is 104 cm³/mol. The van der Waals surface area contributed by atoms with Crippen LogP contribution in [0.5, 0.6) is 5.75 Å². The number of halogens is 3. The van der Waals surface area contributed by atoms with Gasteiger partial charge in [-0.1, -0.05) is 24.3 Å². The van der Waals surface area contributed by atoms with Crippen LogP contribution in [0.1, 0.15) is 23.6 Å². The van der Waals surface area contributed by atoms with E-state index in [-0.39, 0.29) is 54.5 Å². The molecule has 134 valence electrons. The van der Waals surface area contributed by atoms with Crippen molar-refractivity contribution in [3.8, 4) is 5.75 Å². The zero-order chi connectivity index (χ0) is 16.9. The van der Waals surface area contributed by atoms with Gasteiger partial charge >= 0.3 is 0 Å². The van der Waals surface area contributed by atoms with Gasteiger partial charge in [-0.2, -0.15) is 0 Å². The van der Waals surface area contributed by atoms with Gasteiger partial charge in [-0.25, -0.2) is 8.78 Å². The average molecular weight is 459 g/mol. The molecule has 1 unspecified atom stereocenters. The Hall–Kier alpha value is -1.90. The Kier molecular flexibility index (Phi) is 6.98. The number of nitrogens with two attached hydrogens (primary N) is 1. The first-order chi connectivity index (χ1) is 11.6. The third-order valence-corrected chi connectivity index (χ3v) is 3.99. The molecule has 0 bridgehead atoms. The third kappa shape index (κ3) is 4.81. The van der Waals surface area contributed by atoms with Gasteiger partial charge in [-0.05, 0) is 24.6 Å². The van der Waals surface area contributed by atoms with Crippen LogP contribution in [0.3, 0.4) is 0 Å². The van der Waals surface area contributed by atoms with Gasteiger partial charge < -0.3 is 15.8 Å². The SMILES string of the molecule is I.NC(=NCCc1c(F)cccc1F)NC1CCOc2ccccc21. The molecule has 1 aliphatic rings. The van der Waals surface area contributed by atoms with Crippen molar-refractivity contribution in [3.05, 3.63) is 65.2 Å². The quantitative estimate of drug-likeness (QED) is 0.418. The van der Waals surface area contributed by atoms with Crippen molar-refractivity contribution in [3.63, 3.8) is 0 Å². The zero-order valence-corrected chi connectivity index (χ0v) is 15.9. The lowest BCUT2D eigenvalue weighted by molar-refractivity contribution is 0.262. The Morgan fingerprint density at radius 2 is 1.88 bits per heavy atom. The van der Waals surface area contributed by atoms with Crippen LogP contribution in [-0.4, -0.2) is 19.1 Å². The van der Waals surface area contributed by atoms with Crippen molar-refractivity contribution >= 4 is 29.9 Å². The molecule has 4 nitrogen and oxygen atoms in total. The summed E-state index contributed by atoms with van der Waals surface area (Å²) in [6, 6.07) is 11.6. The molecule has 0 saturated heterocycles. The van der Waals surface area contributed by atoms with Gasteiger partial charge in [0.15, 0.2) is 5.96 Å². The second kappa shape index (κ2) is 8.98. The van der Waals surface area contributed by atoms with Crippen LogP contribution in [0.25, 0.3) is 0 Å². The normalized spacial score (nSPS) is 16.4. The average Bonchev–Trinajstić information content (AvgIpc) is 2.58. The molecule has 1 heterocycles. The molecule has 0 spiro atoms. The maximum absolute atomic E-state index is 13.6. The van der Waals surface area contributed by atoms with Gasteiger partial charge in [0.25, 0.3) is 0 Å². The van der Waals surface area contributed by atoms with Crippen molar-refractivity contribution in [2.45, 2.75) is 18.9 Å². The minimum atomic E-state index is -0.560. The number of nitrogens with zero attached hydrogens (tertiary/aromatic N) is 1. The highest BCUT2D eigenvalue weighted by Gasteiger charge is 2.21. The summed E-state index contributed by atoms with van der Waals surface area (Å²) in [6.07, 6.45) is 0.931. The predicted octanol–water partition coefficient (Wildman–Crippen LogP) is 3.55. The van der Waals surface area contributed by atoms with Crippen LogP contribution < -0.4 is 15.8 Å². The molecule has 3 N–H and O–H groups in total. The van der Waals surface area contributed by atoms with E-state index in [1.54, 1.807) is 0 Å². The number of rotatable bonds is 4. The molecule has 2 aromatic carbocycles. The molecule has 1 atom stereocenters. The fourth-order valence-corrected chi connectivity index (χ4v) is 2.78. The van der Waals surface area contributed by atoms with Crippen LogP contribution in [-0.2, 0) is 6.42 Å². The first kappa shape index (κ1) is 19.4. The van der Waals surface area contributed by atoms with E-state index in [0.29, 0.717) is 6.61 Å². The Bertz CT molecular complexity index is 735. The van der Waals surface area contributed by atoms with Crippen LogP contribution >= 0.6 is 24.0 Å². The first-order valence-electron chi connectivity index (χ1n) is 7.86. The maximum atomic E-state index is 13.6. The summed E-state index contributed by atoms with van der Waals surface area (Å²) in [4.78, 5) is 4.18. The van der Waals surface area contributed by atoms with Crippen molar-refractivity contribution in [1.29, 1.82) is 0 Å². The summed E-state index contributed by atoms with van der Waals surface area (Å²) in [7, 11) is 0. The van der Waals surface area contributed by atoms with Gasteiger partial charge in [0.1, 0.15) is 17.4 Å². The minimum Gasteiger partial charge on any atom is -0.493 e.